The summed E-state index contributed by atoms with van der Waals surface area (Å²) in [4.78, 5) is 10.7. The van der Waals surface area contributed by atoms with Gasteiger partial charge in [0.05, 0.1) is 6.61 Å². The van der Waals surface area contributed by atoms with E-state index in [4.69, 9.17) is 9.47 Å². The Morgan fingerprint density at radius 2 is 2.08 bits per heavy atom. The van der Waals surface area contributed by atoms with Crippen LogP contribution in [0.25, 0.3) is 0 Å². The summed E-state index contributed by atoms with van der Waals surface area (Å²) >= 11 is 0. The van der Waals surface area contributed by atoms with E-state index < -0.39 is 12.3 Å². The van der Waals surface area contributed by atoms with Gasteiger partial charge in [-0.2, -0.15) is 0 Å². The van der Waals surface area contributed by atoms with Crippen LogP contribution >= 0.6 is 0 Å². The molecule has 0 radical (unpaired) electrons. The highest BCUT2D eigenvalue weighted by molar-refractivity contribution is 5.81. The first-order chi connectivity index (χ1) is 5.74. The molecule has 66 valence electrons. The molecule has 0 aromatic carbocycles. The summed E-state index contributed by atoms with van der Waals surface area (Å²) in [6.07, 6.45) is 3.27. The van der Waals surface area contributed by atoms with Gasteiger partial charge in [0.1, 0.15) is 0 Å². The Labute approximate surface area is 72.0 Å². The Morgan fingerprint density at radius 3 is 2.50 bits per heavy atom. The maximum Gasteiger partial charge on any atom is 0.332 e. The minimum atomic E-state index is -0.728. The van der Waals surface area contributed by atoms with Crippen molar-refractivity contribution in [1.29, 1.82) is 0 Å². The summed E-state index contributed by atoms with van der Waals surface area (Å²) in [6.45, 7) is 10.4. The molecule has 0 N–H and O–H groups in total. The first-order valence-corrected chi connectivity index (χ1v) is 3.42. The Kier molecular flexibility index (Phi) is 5.65. The zero-order valence-electron chi connectivity index (χ0n) is 6.86. The van der Waals surface area contributed by atoms with Gasteiger partial charge in [0.25, 0.3) is 0 Å². The van der Waals surface area contributed by atoms with Crippen molar-refractivity contribution in [3.8, 4) is 0 Å². The van der Waals surface area contributed by atoms with E-state index in [-0.39, 0.29) is 0 Å². The second-order valence-corrected chi connectivity index (χ2v) is 1.87. The summed E-state index contributed by atoms with van der Waals surface area (Å²) in [5, 5.41) is 0. The van der Waals surface area contributed by atoms with Crippen molar-refractivity contribution in [2.24, 2.45) is 0 Å². The Hall–Kier alpha value is -1.35. The smallest absolute Gasteiger partial charge is 0.332 e. The largest absolute Gasteiger partial charge is 0.429 e. The van der Waals surface area contributed by atoms with Crippen molar-refractivity contribution in [3.63, 3.8) is 0 Å². The lowest BCUT2D eigenvalue weighted by Gasteiger charge is -2.11. The summed E-state index contributed by atoms with van der Waals surface area (Å²) < 4.78 is 9.69. The molecular formula is C9H12O3. The van der Waals surface area contributed by atoms with Crippen LogP contribution in [0.2, 0.25) is 0 Å². The molecule has 0 rings (SSSR count). The summed E-state index contributed by atoms with van der Waals surface area (Å²) in [5.74, 6) is -0.538. The third-order valence-electron chi connectivity index (χ3n) is 0.970. The molecule has 3 heteroatoms. The topological polar surface area (TPSA) is 35.5 Å². The average Bonchev–Trinajstić information content (AvgIpc) is 2.11. The van der Waals surface area contributed by atoms with Gasteiger partial charge in [-0.05, 0) is 6.08 Å². The molecule has 0 aromatic rings. The van der Waals surface area contributed by atoms with Crippen molar-refractivity contribution < 1.29 is 14.3 Å². The zero-order valence-corrected chi connectivity index (χ0v) is 6.86. The van der Waals surface area contributed by atoms with E-state index in [1.807, 2.05) is 0 Å². The van der Waals surface area contributed by atoms with Crippen LogP contribution in [0.15, 0.2) is 38.0 Å². The van der Waals surface area contributed by atoms with Crippen LogP contribution < -0.4 is 0 Å². The second-order valence-electron chi connectivity index (χ2n) is 1.87. The first-order valence-electron chi connectivity index (χ1n) is 3.42. The standard InChI is InChI=1S/C9H12O3/c1-4-7-11-9(6-3)12-8(10)5-2/h4-6,9H,1-3,7H2. The van der Waals surface area contributed by atoms with Crippen LogP contribution in [0.3, 0.4) is 0 Å². The molecule has 0 spiro atoms. The molecule has 0 aliphatic rings. The normalized spacial score (nSPS) is 11.3. The SMILES string of the molecule is C=CCOC(C=C)OC(=O)C=C. The minimum Gasteiger partial charge on any atom is -0.429 e. The fourth-order valence-electron chi connectivity index (χ4n) is 0.476. The maximum absolute atomic E-state index is 10.7. The van der Waals surface area contributed by atoms with Gasteiger partial charge in [-0.25, -0.2) is 4.79 Å². The molecule has 0 bridgehead atoms. The zero-order chi connectivity index (χ0) is 9.40. The van der Waals surface area contributed by atoms with Gasteiger partial charge in [-0.1, -0.05) is 19.2 Å². The van der Waals surface area contributed by atoms with E-state index in [1.54, 1.807) is 6.08 Å². The number of carbonyl (C=O) groups is 1. The Bertz CT molecular complexity index is 184. The predicted molar refractivity (Wildman–Crippen MR) is 46.4 cm³/mol. The van der Waals surface area contributed by atoms with Crippen LogP contribution in [0, 0.1) is 0 Å². The highest BCUT2D eigenvalue weighted by atomic mass is 16.7. The Morgan fingerprint density at radius 1 is 1.42 bits per heavy atom. The first kappa shape index (κ1) is 10.7. The fourth-order valence-corrected chi connectivity index (χ4v) is 0.476. The van der Waals surface area contributed by atoms with E-state index >= 15 is 0 Å². The van der Waals surface area contributed by atoms with Crippen molar-refractivity contribution in [1.82, 2.24) is 0 Å². The molecule has 3 nitrogen and oxygen atoms in total. The molecule has 0 saturated carbocycles. The summed E-state index contributed by atoms with van der Waals surface area (Å²) in [6, 6.07) is 0. The van der Waals surface area contributed by atoms with Crippen LogP contribution in [0.4, 0.5) is 0 Å². The van der Waals surface area contributed by atoms with Crippen LogP contribution in [-0.4, -0.2) is 18.9 Å². The lowest BCUT2D eigenvalue weighted by atomic mass is 10.5. The highest BCUT2D eigenvalue weighted by Crippen LogP contribution is 1.97. The number of rotatable bonds is 6. The molecule has 0 aliphatic carbocycles. The van der Waals surface area contributed by atoms with Gasteiger partial charge in [-0.3, -0.25) is 0 Å². The number of hydrogen-bond donors (Lipinski definition) is 0. The minimum absolute atomic E-state index is 0.307. The van der Waals surface area contributed by atoms with E-state index in [2.05, 4.69) is 19.7 Å². The van der Waals surface area contributed by atoms with Crippen LogP contribution in [0.5, 0.6) is 0 Å². The van der Waals surface area contributed by atoms with Crippen molar-refractivity contribution in [2.45, 2.75) is 6.29 Å². The van der Waals surface area contributed by atoms with Crippen molar-refractivity contribution >= 4 is 5.97 Å². The van der Waals surface area contributed by atoms with Gasteiger partial charge in [-0.15, -0.1) is 6.58 Å². The van der Waals surface area contributed by atoms with Crippen molar-refractivity contribution in [3.05, 3.63) is 38.0 Å². The van der Waals surface area contributed by atoms with Gasteiger partial charge < -0.3 is 9.47 Å². The van der Waals surface area contributed by atoms with E-state index in [9.17, 15) is 4.79 Å². The lowest BCUT2D eigenvalue weighted by Crippen LogP contribution is -2.17. The third kappa shape index (κ3) is 4.46. The molecule has 0 heterocycles. The predicted octanol–water partition coefficient (Wildman–Crippen LogP) is 1.43. The highest BCUT2D eigenvalue weighted by Gasteiger charge is 2.06. The molecule has 0 fully saturated rings. The molecule has 0 aliphatic heterocycles. The summed E-state index contributed by atoms with van der Waals surface area (Å²) in [7, 11) is 0. The average molecular weight is 168 g/mol. The van der Waals surface area contributed by atoms with E-state index in [1.165, 1.54) is 6.08 Å². The van der Waals surface area contributed by atoms with Crippen LogP contribution in [0.1, 0.15) is 0 Å². The molecule has 1 atom stereocenters. The molecule has 0 aromatic heterocycles. The molecular weight excluding hydrogens is 156 g/mol. The monoisotopic (exact) mass is 168 g/mol. The Balaban J connectivity index is 3.81. The molecule has 0 amide bonds. The molecule has 0 saturated heterocycles. The second kappa shape index (κ2) is 6.37. The van der Waals surface area contributed by atoms with Gasteiger partial charge in [0.15, 0.2) is 0 Å². The van der Waals surface area contributed by atoms with Gasteiger partial charge in [0, 0.05) is 6.08 Å². The number of esters is 1. The van der Waals surface area contributed by atoms with E-state index in [0.717, 1.165) is 6.08 Å². The van der Waals surface area contributed by atoms with Crippen molar-refractivity contribution in [2.75, 3.05) is 6.61 Å². The number of carbonyl (C=O) groups excluding carboxylic acids is 1. The third-order valence-corrected chi connectivity index (χ3v) is 0.970. The summed E-state index contributed by atoms with van der Waals surface area (Å²) in [5.41, 5.74) is 0. The maximum atomic E-state index is 10.7. The molecule has 12 heavy (non-hydrogen) atoms. The molecule has 1 unspecified atom stereocenters. The fraction of sp³-hybridized carbons (Fsp3) is 0.222. The quantitative estimate of drug-likeness (QED) is 0.260. The van der Waals surface area contributed by atoms with Gasteiger partial charge in [0.2, 0.25) is 6.29 Å². The number of ether oxygens (including phenoxy) is 2. The lowest BCUT2D eigenvalue weighted by molar-refractivity contribution is -0.160. The van der Waals surface area contributed by atoms with Gasteiger partial charge >= 0.3 is 5.97 Å². The number of hydrogen-bond acceptors (Lipinski definition) is 3. The van der Waals surface area contributed by atoms with Crippen LogP contribution in [-0.2, 0) is 14.3 Å². The van der Waals surface area contributed by atoms with E-state index in [0.29, 0.717) is 6.61 Å².